The predicted octanol–water partition coefficient (Wildman–Crippen LogP) is 4.54. The molecular formula is C7H8Cl2F7OSi. The molecule has 1 unspecified atom stereocenters. The summed E-state index contributed by atoms with van der Waals surface area (Å²) in [6, 6.07) is -0.395. The zero-order valence-electron chi connectivity index (χ0n) is 8.80. The molecule has 0 saturated carbocycles. The molecule has 0 aromatic heterocycles. The van der Waals surface area contributed by atoms with E-state index in [-0.39, 0.29) is 6.42 Å². The van der Waals surface area contributed by atoms with E-state index < -0.39 is 37.8 Å². The lowest BCUT2D eigenvalue weighted by Crippen LogP contribution is -2.54. The number of halogens is 9. The van der Waals surface area contributed by atoms with Crippen LogP contribution in [0.2, 0.25) is 6.04 Å². The van der Waals surface area contributed by atoms with Crippen LogP contribution in [0.25, 0.3) is 0 Å². The summed E-state index contributed by atoms with van der Waals surface area (Å²) in [4.78, 5) is 0. The minimum Gasteiger partial charge on any atom is -0.312 e. The van der Waals surface area contributed by atoms with Crippen molar-refractivity contribution in [3.8, 4) is 0 Å². The van der Waals surface area contributed by atoms with Crippen LogP contribution >= 0.6 is 22.2 Å². The maximum atomic E-state index is 12.8. The molecular weight excluding hydrogens is 332 g/mol. The van der Waals surface area contributed by atoms with Gasteiger partial charge in [-0.05, 0) is 12.5 Å². The summed E-state index contributed by atoms with van der Waals surface area (Å²) in [6.45, 7) is 1.27. The van der Waals surface area contributed by atoms with Crippen LogP contribution in [-0.4, -0.2) is 31.7 Å². The fraction of sp³-hybridized carbons (Fsp3) is 1.00. The van der Waals surface area contributed by atoms with Crippen molar-refractivity contribution < 1.29 is 35.5 Å². The molecule has 0 saturated heterocycles. The Kier molecular flexibility index (Phi) is 6.24. The molecule has 0 aromatic carbocycles. The van der Waals surface area contributed by atoms with E-state index in [1.807, 2.05) is 0 Å². The molecule has 0 N–H and O–H groups in total. The monoisotopic (exact) mass is 339 g/mol. The highest BCUT2D eigenvalue weighted by atomic mass is 35.7. The Labute approximate surface area is 109 Å². The maximum absolute atomic E-state index is 12.8. The third-order valence-electron chi connectivity index (χ3n) is 1.87. The van der Waals surface area contributed by atoms with Gasteiger partial charge in [-0.3, -0.25) is 0 Å². The molecule has 0 fully saturated rings. The molecule has 0 bridgehead atoms. The zero-order chi connectivity index (χ0) is 14.8. The maximum Gasteiger partial charge on any atom is 0.462 e. The van der Waals surface area contributed by atoms with Gasteiger partial charge in [-0.1, -0.05) is 6.92 Å². The Morgan fingerprint density at radius 1 is 1.06 bits per heavy atom. The summed E-state index contributed by atoms with van der Waals surface area (Å²) in [5.74, 6) is -6.28. The number of hydrogen-bond acceptors (Lipinski definition) is 1. The average molecular weight is 340 g/mol. The van der Waals surface area contributed by atoms with Crippen molar-refractivity contribution in [2.75, 3.05) is 0 Å². The van der Waals surface area contributed by atoms with Crippen LogP contribution in [0.15, 0.2) is 0 Å². The predicted molar refractivity (Wildman–Crippen MR) is 53.4 cm³/mol. The van der Waals surface area contributed by atoms with Gasteiger partial charge in [0.25, 0.3) is 7.42 Å². The molecule has 0 amide bonds. The highest BCUT2D eigenvalue weighted by Crippen LogP contribution is 2.47. The van der Waals surface area contributed by atoms with Crippen molar-refractivity contribution in [2.45, 2.75) is 43.7 Å². The van der Waals surface area contributed by atoms with Crippen LogP contribution in [0.5, 0.6) is 0 Å². The summed E-state index contributed by atoms with van der Waals surface area (Å²) < 4.78 is 89.5. The molecule has 18 heavy (non-hydrogen) atoms. The third kappa shape index (κ3) is 4.43. The van der Waals surface area contributed by atoms with Crippen molar-refractivity contribution in [3.63, 3.8) is 0 Å². The number of rotatable bonds is 6. The summed E-state index contributed by atoms with van der Waals surface area (Å²) in [7, 11) is -2.14. The Hall–Kier alpha value is 0.267. The fourth-order valence-electron chi connectivity index (χ4n) is 0.890. The second-order valence-electron chi connectivity index (χ2n) is 3.28. The highest BCUT2D eigenvalue weighted by Gasteiger charge is 2.74. The van der Waals surface area contributed by atoms with Crippen LogP contribution in [0.3, 0.4) is 0 Å². The van der Waals surface area contributed by atoms with E-state index in [1.165, 1.54) is 6.92 Å². The molecule has 0 rings (SSSR count). The molecule has 0 aliphatic heterocycles. The van der Waals surface area contributed by atoms with Gasteiger partial charge in [0.2, 0.25) is 0 Å². The highest BCUT2D eigenvalue weighted by molar-refractivity contribution is 7.33. The van der Waals surface area contributed by atoms with Crippen LogP contribution in [0, 0.1) is 0 Å². The lowest BCUT2D eigenvalue weighted by atomic mass is 10.2. The molecule has 11 heteroatoms. The van der Waals surface area contributed by atoms with Gasteiger partial charge in [0, 0.05) is 0 Å². The molecule has 1 radical (unpaired) electrons. The fourth-order valence-corrected chi connectivity index (χ4v) is 2.64. The molecule has 0 aromatic rings. The SMILES string of the molecule is CCC(C[Si](Cl)Cl)OC(F)(F)C(F)(F)C(F)(F)F. The second-order valence-corrected chi connectivity index (χ2v) is 7.68. The van der Waals surface area contributed by atoms with E-state index in [1.54, 1.807) is 0 Å². The summed E-state index contributed by atoms with van der Waals surface area (Å²) in [5.41, 5.74) is 0. The Morgan fingerprint density at radius 2 is 1.50 bits per heavy atom. The first-order chi connectivity index (χ1) is 7.85. The van der Waals surface area contributed by atoms with Crippen molar-refractivity contribution >= 4 is 29.6 Å². The van der Waals surface area contributed by atoms with Gasteiger partial charge in [-0.25, -0.2) is 0 Å². The summed E-state index contributed by atoms with van der Waals surface area (Å²) in [6.07, 6.45) is -13.9. The van der Waals surface area contributed by atoms with Gasteiger partial charge < -0.3 is 4.74 Å². The first-order valence-corrected chi connectivity index (χ1v) is 8.25. The van der Waals surface area contributed by atoms with E-state index in [9.17, 15) is 30.7 Å². The van der Waals surface area contributed by atoms with Gasteiger partial charge >= 0.3 is 18.2 Å². The Bertz CT molecular complexity index is 271. The molecule has 0 aliphatic carbocycles. The van der Waals surface area contributed by atoms with Crippen LogP contribution in [0.1, 0.15) is 13.3 Å². The normalized spacial score (nSPS) is 16.2. The van der Waals surface area contributed by atoms with Gasteiger partial charge in [-0.15, -0.1) is 22.2 Å². The van der Waals surface area contributed by atoms with E-state index in [4.69, 9.17) is 22.2 Å². The van der Waals surface area contributed by atoms with Gasteiger partial charge in [0.1, 0.15) is 0 Å². The minimum atomic E-state index is -6.41. The lowest BCUT2D eigenvalue weighted by molar-refractivity contribution is -0.430. The van der Waals surface area contributed by atoms with Gasteiger partial charge in [0.15, 0.2) is 0 Å². The second kappa shape index (κ2) is 6.15. The van der Waals surface area contributed by atoms with Crippen molar-refractivity contribution in [3.05, 3.63) is 0 Å². The van der Waals surface area contributed by atoms with Crippen molar-refractivity contribution in [2.24, 2.45) is 0 Å². The van der Waals surface area contributed by atoms with E-state index in [2.05, 4.69) is 4.74 Å². The summed E-state index contributed by atoms with van der Waals surface area (Å²) in [5, 5.41) is 0. The molecule has 0 heterocycles. The number of ether oxygens (including phenoxy) is 1. The van der Waals surface area contributed by atoms with Gasteiger partial charge in [0.05, 0.1) is 6.10 Å². The standard InChI is InChI=1S/C7H8Cl2F7OSi/c1-2-4(3-18(8)9)17-7(15,16)5(10,11)6(12,13)14/h4H,2-3H2,1H3. The van der Waals surface area contributed by atoms with Crippen molar-refractivity contribution in [1.29, 1.82) is 0 Å². The van der Waals surface area contributed by atoms with Crippen LogP contribution in [-0.2, 0) is 4.74 Å². The Balaban J connectivity index is 4.92. The van der Waals surface area contributed by atoms with Crippen molar-refractivity contribution in [1.82, 2.24) is 0 Å². The summed E-state index contributed by atoms with van der Waals surface area (Å²) >= 11 is 10.6. The quantitative estimate of drug-likeness (QED) is 0.392. The molecule has 109 valence electrons. The lowest BCUT2D eigenvalue weighted by Gasteiger charge is -2.30. The molecule has 1 nitrogen and oxygen atoms in total. The molecule has 0 aliphatic rings. The van der Waals surface area contributed by atoms with Crippen LogP contribution in [0.4, 0.5) is 30.7 Å². The van der Waals surface area contributed by atoms with E-state index >= 15 is 0 Å². The first-order valence-electron chi connectivity index (χ1n) is 4.52. The van der Waals surface area contributed by atoms with E-state index in [0.29, 0.717) is 0 Å². The first kappa shape index (κ1) is 18.3. The minimum absolute atomic E-state index is 0.225. The molecule has 0 spiro atoms. The van der Waals surface area contributed by atoms with Gasteiger partial charge in [-0.2, -0.15) is 30.7 Å². The number of alkyl halides is 7. The Morgan fingerprint density at radius 3 is 1.78 bits per heavy atom. The van der Waals surface area contributed by atoms with Crippen LogP contribution < -0.4 is 0 Å². The smallest absolute Gasteiger partial charge is 0.312 e. The number of hydrogen-bond donors (Lipinski definition) is 0. The molecule has 1 atom stereocenters. The average Bonchev–Trinajstić information content (AvgIpc) is 2.13. The zero-order valence-corrected chi connectivity index (χ0v) is 11.3. The third-order valence-corrected chi connectivity index (χ3v) is 3.56. The topological polar surface area (TPSA) is 9.23 Å². The largest absolute Gasteiger partial charge is 0.462 e. The van der Waals surface area contributed by atoms with E-state index in [0.717, 1.165) is 0 Å².